The molecule has 6 nitrogen and oxygen atoms in total. The number of carbonyl (C=O) groups is 1. The van der Waals surface area contributed by atoms with Gasteiger partial charge in [-0.15, -0.1) is 0 Å². The average Bonchev–Trinajstić information content (AvgIpc) is 3.10. The number of nitrogens with zero attached hydrogens (tertiary/aromatic N) is 1. The Labute approximate surface area is 172 Å². The van der Waals surface area contributed by atoms with E-state index < -0.39 is 10.0 Å². The molecule has 1 aliphatic heterocycles. The van der Waals surface area contributed by atoms with Crippen LogP contribution in [-0.4, -0.2) is 26.6 Å². The number of benzene rings is 1. The molecule has 0 saturated heterocycles. The second-order valence-electron chi connectivity index (χ2n) is 9.26. The number of carbonyl (C=O) groups excluding carboxylic acids is 1. The SMILES string of the molecule is Cc1cc2c(o1)CC(C)(C)CC2NC(=O)c1ccc2c(c1)CC(C)N2S(C)(=O)=O. The largest absolute Gasteiger partial charge is 0.466 e. The second-order valence-corrected chi connectivity index (χ2v) is 11.1. The summed E-state index contributed by atoms with van der Waals surface area (Å²) in [5.74, 6) is 1.67. The molecule has 1 aromatic heterocycles. The molecule has 1 aliphatic carbocycles. The lowest BCUT2D eigenvalue weighted by molar-refractivity contribution is 0.0917. The zero-order chi connectivity index (χ0) is 21.1. The highest BCUT2D eigenvalue weighted by Crippen LogP contribution is 2.42. The number of sulfonamides is 1. The predicted molar refractivity (Wildman–Crippen MR) is 113 cm³/mol. The van der Waals surface area contributed by atoms with Gasteiger partial charge < -0.3 is 9.73 Å². The van der Waals surface area contributed by atoms with E-state index in [0.717, 1.165) is 35.5 Å². The summed E-state index contributed by atoms with van der Waals surface area (Å²) in [5.41, 5.74) is 3.21. The Morgan fingerprint density at radius 2 is 2.00 bits per heavy atom. The number of furan rings is 1. The third-order valence-electron chi connectivity index (χ3n) is 5.89. The summed E-state index contributed by atoms with van der Waals surface area (Å²) in [6.07, 6.45) is 3.52. The summed E-state index contributed by atoms with van der Waals surface area (Å²) < 4.78 is 31.5. The zero-order valence-corrected chi connectivity index (χ0v) is 18.4. The van der Waals surface area contributed by atoms with Gasteiger partial charge in [0.15, 0.2) is 0 Å². The van der Waals surface area contributed by atoms with Crippen molar-refractivity contribution in [3.63, 3.8) is 0 Å². The van der Waals surface area contributed by atoms with Gasteiger partial charge in [0.05, 0.1) is 18.0 Å². The number of hydrogen-bond acceptors (Lipinski definition) is 4. The molecule has 4 rings (SSSR count). The van der Waals surface area contributed by atoms with Crippen LogP contribution in [0.3, 0.4) is 0 Å². The Hall–Kier alpha value is -2.28. The van der Waals surface area contributed by atoms with E-state index in [1.807, 2.05) is 26.0 Å². The van der Waals surface area contributed by atoms with Crippen LogP contribution >= 0.6 is 0 Å². The number of aryl methyl sites for hydroxylation is 1. The first-order valence-corrected chi connectivity index (χ1v) is 11.8. The summed E-state index contributed by atoms with van der Waals surface area (Å²) in [4.78, 5) is 13.0. The van der Waals surface area contributed by atoms with Gasteiger partial charge in [-0.1, -0.05) is 13.8 Å². The van der Waals surface area contributed by atoms with E-state index in [0.29, 0.717) is 17.7 Å². The fraction of sp³-hybridized carbons (Fsp3) is 0.500. The summed E-state index contributed by atoms with van der Waals surface area (Å²) in [6.45, 7) is 8.18. The molecule has 29 heavy (non-hydrogen) atoms. The molecule has 0 spiro atoms. The van der Waals surface area contributed by atoms with Crippen molar-refractivity contribution >= 4 is 21.6 Å². The minimum Gasteiger partial charge on any atom is -0.466 e. The van der Waals surface area contributed by atoms with E-state index >= 15 is 0 Å². The van der Waals surface area contributed by atoms with Gasteiger partial charge in [0, 0.05) is 23.6 Å². The number of hydrogen-bond donors (Lipinski definition) is 1. The molecule has 1 N–H and O–H groups in total. The summed E-state index contributed by atoms with van der Waals surface area (Å²) in [5, 5.41) is 3.17. The molecule has 7 heteroatoms. The van der Waals surface area contributed by atoms with Gasteiger partial charge in [-0.05, 0) is 61.9 Å². The van der Waals surface area contributed by atoms with Gasteiger partial charge in [-0.2, -0.15) is 0 Å². The molecule has 1 amide bonds. The molecule has 0 bridgehead atoms. The molecule has 0 radical (unpaired) electrons. The first-order chi connectivity index (χ1) is 13.4. The normalized spacial score (nSPS) is 22.9. The lowest BCUT2D eigenvalue weighted by Gasteiger charge is -2.34. The van der Waals surface area contributed by atoms with Crippen LogP contribution in [0.1, 0.15) is 66.2 Å². The van der Waals surface area contributed by atoms with Crippen molar-refractivity contribution < 1.29 is 17.6 Å². The van der Waals surface area contributed by atoms with Gasteiger partial charge in [-0.25, -0.2) is 8.42 Å². The first kappa shape index (κ1) is 20.0. The lowest BCUT2D eigenvalue weighted by Crippen LogP contribution is -2.36. The molecule has 0 fully saturated rings. The number of fused-ring (bicyclic) bond motifs is 2. The quantitative estimate of drug-likeness (QED) is 0.827. The minimum atomic E-state index is -3.34. The maximum absolute atomic E-state index is 13.0. The monoisotopic (exact) mass is 416 g/mol. The predicted octanol–water partition coefficient (Wildman–Crippen LogP) is 3.74. The standard InChI is InChI=1S/C22H28N2O4S/c1-13-8-16-10-15(6-7-19(16)24(13)29(5,26)27)21(25)23-18-11-22(3,4)12-20-17(18)9-14(2)28-20/h6-7,9-10,13,18H,8,11-12H2,1-5H3,(H,23,25). The average molecular weight is 417 g/mol. The van der Waals surface area contributed by atoms with E-state index in [4.69, 9.17) is 4.42 Å². The second kappa shape index (κ2) is 6.62. The topological polar surface area (TPSA) is 79.6 Å². The van der Waals surface area contributed by atoms with Gasteiger partial charge in [-0.3, -0.25) is 9.10 Å². The number of amides is 1. The minimum absolute atomic E-state index is 0.0403. The molecule has 2 aromatic rings. The van der Waals surface area contributed by atoms with Crippen LogP contribution < -0.4 is 9.62 Å². The Kier molecular flexibility index (Phi) is 4.57. The molecule has 2 unspecified atom stereocenters. The van der Waals surface area contributed by atoms with Crippen molar-refractivity contribution in [1.29, 1.82) is 0 Å². The van der Waals surface area contributed by atoms with E-state index in [1.165, 1.54) is 10.6 Å². The number of rotatable bonds is 3. The van der Waals surface area contributed by atoms with Crippen LogP contribution in [0.5, 0.6) is 0 Å². The van der Waals surface area contributed by atoms with Crippen LogP contribution in [0.25, 0.3) is 0 Å². The third-order valence-corrected chi connectivity index (χ3v) is 7.16. The molecular weight excluding hydrogens is 388 g/mol. The highest BCUT2D eigenvalue weighted by molar-refractivity contribution is 7.92. The summed E-state index contributed by atoms with van der Waals surface area (Å²) in [6, 6.07) is 7.05. The number of nitrogens with one attached hydrogen (secondary N) is 1. The highest BCUT2D eigenvalue weighted by Gasteiger charge is 2.36. The van der Waals surface area contributed by atoms with Gasteiger partial charge >= 0.3 is 0 Å². The molecule has 156 valence electrons. The smallest absolute Gasteiger partial charge is 0.251 e. The van der Waals surface area contributed by atoms with Crippen LogP contribution in [0.15, 0.2) is 28.7 Å². The molecular formula is C22H28N2O4S. The maximum Gasteiger partial charge on any atom is 0.251 e. The fourth-order valence-corrected chi connectivity index (χ4v) is 6.07. The molecule has 1 aromatic carbocycles. The van der Waals surface area contributed by atoms with Gasteiger partial charge in [0.1, 0.15) is 11.5 Å². The van der Waals surface area contributed by atoms with Crippen molar-refractivity contribution in [2.24, 2.45) is 5.41 Å². The van der Waals surface area contributed by atoms with Crippen molar-refractivity contribution in [2.45, 2.75) is 59.0 Å². The fourth-order valence-electron chi connectivity index (χ4n) is 4.80. The zero-order valence-electron chi connectivity index (χ0n) is 17.6. The Bertz CT molecular complexity index is 1080. The number of anilines is 1. The molecule has 2 heterocycles. The van der Waals surface area contributed by atoms with Crippen molar-refractivity contribution in [3.05, 3.63) is 52.5 Å². The molecule has 0 saturated carbocycles. The van der Waals surface area contributed by atoms with Crippen molar-refractivity contribution in [3.8, 4) is 0 Å². The van der Waals surface area contributed by atoms with Crippen LogP contribution in [-0.2, 0) is 22.9 Å². The van der Waals surface area contributed by atoms with Gasteiger partial charge in [0.2, 0.25) is 10.0 Å². The van der Waals surface area contributed by atoms with Crippen LogP contribution in [0.2, 0.25) is 0 Å². The van der Waals surface area contributed by atoms with Crippen molar-refractivity contribution in [1.82, 2.24) is 5.32 Å². The van der Waals surface area contributed by atoms with E-state index in [-0.39, 0.29) is 23.4 Å². The molecule has 2 atom stereocenters. The Balaban J connectivity index is 1.60. The third kappa shape index (κ3) is 3.68. The molecule has 2 aliphatic rings. The van der Waals surface area contributed by atoms with E-state index in [9.17, 15) is 13.2 Å². The Morgan fingerprint density at radius 3 is 2.69 bits per heavy atom. The maximum atomic E-state index is 13.0. The Morgan fingerprint density at radius 1 is 1.28 bits per heavy atom. The first-order valence-electron chi connectivity index (χ1n) is 9.97. The van der Waals surface area contributed by atoms with Crippen LogP contribution in [0.4, 0.5) is 5.69 Å². The summed E-state index contributed by atoms with van der Waals surface area (Å²) in [7, 11) is -3.34. The van der Waals surface area contributed by atoms with Gasteiger partial charge in [0.25, 0.3) is 5.91 Å². The van der Waals surface area contributed by atoms with E-state index in [2.05, 4.69) is 19.2 Å². The van der Waals surface area contributed by atoms with Crippen LogP contribution in [0, 0.1) is 12.3 Å². The highest BCUT2D eigenvalue weighted by atomic mass is 32.2. The van der Waals surface area contributed by atoms with Crippen molar-refractivity contribution in [2.75, 3.05) is 10.6 Å². The lowest BCUT2D eigenvalue weighted by atomic mass is 9.74. The van der Waals surface area contributed by atoms with E-state index in [1.54, 1.807) is 12.1 Å². The summed E-state index contributed by atoms with van der Waals surface area (Å²) >= 11 is 0.